The zero-order chi connectivity index (χ0) is 19.0. The predicted molar refractivity (Wildman–Crippen MR) is 111 cm³/mol. The number of hydrogen-bond acceptors (Lipinski definition) is 7. The second-order valence-corrected chi connectivity index (χ2v) is 8.24. The lowest BCUT2D eigenvalue weighted by atomic mass is 10.0. The normalized spacial score (nSPS) is 18.6. The average Bonchev–Trinajstić information content (AvgIpc) is 3.26. The molecule has 0 amide bonds. The largest absolute Gasteiger partial charge is 0.496 e. The average molecular weight is 396 g/mol. The molecule has 0 aliphatic carbocycles. The number of methoxy groups -OCH3 is 1. The van der Waals surface area contributed by atoms with Crippen LogP contribution in [0.3, 0.4) is 0 Å². The van der Waals surface area contributed by atoms with Gasteiger partial charge in [0, 0.05) is 5.39 Å². The minimum atomic E-state index is -0.622. The molecule has 2 aromatic carbocycles. The summed E-state index contributed by atoms with van der Waals surface area (Å²) in [7, 11) is 1.65. The molecule has 1 atom stereocenters. The maximum atomic E-state index is 13.0. The molecule has 0 saturated carbocycles. The van der Waals surface area contributed by atoms with E-state index in [2.05, 4.69) is 10.2 Å². The molecule has 27 heavy (non-hydrogen) atoms. The van der Waals surface area contributed by atoms with E-state index in [9.17, 15) is 4.79 Å². The summed E-state index contributed by atoms with van der Waals surface area (Å²) in [6, 6.07) is 11.8. The number of carbonyl (C=O) groups is 1. The number of nitrogens with zero attached hydrogens (tertiary/aromatic N) is 2. The Morgan fingerprint density at radius 1 is 1.19 bits per heavy atom. The Morgan fingerprint density at radius 3 is 2.67 bits per heavy atom. The number of ketones is 1. The Morgan fingerprint density at radius 2 is 1.96 bits per heavy atom. The van der Waals surface area contributed by atoms with Gasteiger partial charge >= 0.3 is 0 Å². The summed E-state index contributed by atoms with van der Waals surface area (Å²) < 4.78 is 5.44. The second-order valence-electron chi connectivity index (χ2n) is 6.06. The van der Waals surface area contributed by atoms with Gasteiger partial charge in [0.25, 0.3) is 0 Å². The van der Waals surface area contributed by atoms with E-state index in [4.69, 9.17) is 10.1 Å². The highest BCUT2D eigenvalue weighted by Gasteiger charge is 2.39. The van der Waals surface area contributed by atoms with Gasteiger partial charge in [-0.2, -0.15) is 0 Å². The molecule has 1 N–H and O–H groups in total. The molecule has 1 aliphatic heterocycles. The smallest absolute Gasteiger partial charge is 0.186 e. The van der Waals surface area contributed by atoms with Gasteiger partial charge in [-0.1, -0.05) is 49.0 Å². The van der Waals surface area contributed by atoms with E-state index in [1.807, 2.05) is 49.4 Å². The zero-order valence-corrected chi connectivity index (χ0v) is 16.5. The molecule has 1 saturated heterocycles. The number of fused-ring (bicyclic) bond motifs is 1. The number of aryl methyl sites for hydroxylation is 1. The van der Waals surface area contributed by atoms with Crippen molar-refractivity contribution in [3.05, 3.63) is 56.9 Å². The Hall–Kier alpha value is -2.51. The summed E-state index contributed by atoms with van der Waals surface area (Å²) >= 11 is 2.62. The Kier molecular flexibility index (Phi) is 4.80. The first-order valence-corrected chi connectivity index (χ1v) is 10.2. The Bertz CT molecular complexity index is 1090. The number of Topliss-reactive ketones (excluding diaryl/α,β-unsaturated/α-hetero) is 1. The number of benzene rings is 2. The van der Waals surface area contributed by atoms with Crippen LogP contribution in [0.15, 0.2) is 41.3 Å². The molecule has 0 radical (unpaired) electrons. The maximum absolute atomic E-state index is 13.0. The van der Waals surface area contributed by atoms with Crippen molar-refractivity contribution in [3.63, 3.8) is 0 Å². The molecule has 1 aliphatic rings. The first-order valence-electron chi connectivity index (χ1n) is 8.52. The summed E-state index contributed by atoms with van der Waals surface area (Å²) in [5.41, 5.74) is 0.933. The highest BCUT2D eigenvalue weighted by atomic mass is 32.2. The molecule has 0 bridgehead atoms. The minimum absolute atomic E-state index is 0.0799. The van der Waals surface area contributed by atoms with Crippen molar-refractivity contribution in [1.82, 2.24) is 10.2 Å². The van der Waals surface area contributed by atoms with E-state index in [1.165, 1.54) is 23.1 Å². The first kappa shape index (κ1) is 17.9. The van der Waals surface area contributed by atoms with Gasteiger partial charge < -0.3 is 4.74 Å². The third-order valence-corrected chi connectivity index (χ3v) is 6.57. The second kappa shape index (κ2) is 7.25. The van der Waals surface area contributed by atoms with E-state index in [0.717, 1.165) is 33.5 Å². The molecule has 1 aromatic heterocycles. The number of allylic oxidation sites excluding steroid dienone is 1. The van der Waals surface area contributed by atoms with Gasteiger partial charge in [-0.15, -0.1) is 21.5 Å². The van der Waals surface area contributed by atoms with Gasteiger partial charge in [0.1, 0.15) is 21.7 Å². The SMILES string of the molecule is CCc1nnc([C@@H]2C(=N)S/C(=C\c3ccc(OC)c4ccccc34)C2=O)s1. The lowest BCUT2D eigenvalue weighted by Gasteiger charge is -2.08. The van der Waals surface area contributed by atoms with Crippen molar-refractivity contribution in [2.45, 2.75) is 19.3 Å². The van der Waals surface area contributed by atoms with Crippen LogP contribution in [0.5, 0.6) is 5.75 Å². The van der Waals surface area contributed by atoms with Gasteiger partial charge in [-0.3, -0.25) is 10.2 Å². The fraction of sp³-hybridized carbons (Fsp3) is 0.200. The summed E-state index contributed by atoms with van der Waals surface area (Å²) in [6.45, 7) is 2.00. The summed E-state index contributed by atoms with van der Waals surface area (Å²) in [4.78, 5) is 13.5. The molecule has 5 nitrogen and oxygen atoms in total. The van der Waals surface area contributed by atoms with Crippen LogP contribution in [-0.2, 0) is 11.2 Å². The number of hydrogen-bond donors (Lipinski definition) is 1. The van der Waals surface area contributed by atoms with E-state index >= 15 is 0 Å². The lowest BCUT2D eigenvalue weighted by Crippen LogP contribution is -2.11. The number of rotatable bonds is 4. The minimum Gasteiger partial charge on any atom is -0.496 e. The van der Waals surface area contributed by atoms with E-state index in [-0.39, 0.29) is 5.78 Å². The van der Waals surface area contributed by atoms with Crippen molar-refractivity contribution in [2.75, 3.05) is 7.11 Å². The van der Waals surface area contributed by atoms with Crippen molar-refractivity contribution in [2.24, 2.45) is 0 Å². The summed E-state index contributed by atoms with van der Waals surface area (Å²) in [5, 5.41) is 20.3. The van der Waals surface area contributed by atoms with Gasteiger partial charge in [-0.05, 0) is 29.5 Å². The molecule has 0 spiro atoms. The van der Waals surface area contributed by atoms with Crippen LogP contribution in [0.4, 0.5) is 0 Å². The fourth-order valence-corrected chi connectivity index (χ4v) is 5.02. The number of ether oxygens (including phenoxy) is 1. The van der Waals surface area contributed by atoms with Crippen LogP contribution in [0.25, 0.3) is 16.8 Å². The van der Waals surface area contributed by atoms with Crippen LogP contribution in [0.2, 0.25) is 0 Å². The highest BCUT2D eigenvalue weighted by Crippen LogP contribution is 2.42. The monoisotopic (exact) mass is 395 g/mol. The standard InChI is InChI=1S/C20H17N3O2S2/c1-3-16-22-23-20(27-16)17-18(24)15(26-19(17)21)10-11-8-9-14(25-2)13-7-5-4-6-12(11)13/h4-10,17,21H,3H2,1-2H3/b15-10-,21-19?/t17-/m0/s1. The quantitative estimate of drug-likeness (QED) is 0.649. The van der Waals surface area contributed by atoms with Crippen LogP contribution in [0.1, 0.15) is 28.4 Å². The maximum Gasteiger partial charge on any atom is 0.186 e. The lowest BCUT2D eigenvalue weighted by molar-refractivity contribution is -0.114. The van der Waals surface area contributed by atoms with Crippen molar-refractivity contribution in [1.29, 1.82) is 5.41 Å². The van der Waals surface area contributed by atoms with Crippen molar-refractivity contribution < 1.29 is 9.53 Å². The molecule has 4 rings (SSSR count). The van der Waals surface area contributed by atoms with Crippen LogP contribution in [0, 0.1) is 5.41 Å². The van der Waals surface area contributed by atoms with Gasteiger partial charge in [-0.25, -0.2) is 0 Å². The number of carbonyl (C=O) groups excluding carboxylic acids is 1. The van der Waals surface area contributed by atoms with Crippen LogP contribution >= 0.6 is 23.1 Å². The van der Waals surface area contributed by atoms with Crippen LogP contribution in [-0.4, -0.2) is 28.1 Å². The molecule has 136 valence electrons. The van der Waals surface area contributed by atoms with Gasteiger partial charge in [0.15, 0.2) is 5.78 Å². The fourth-order valence-electron chi connectivity index (χ4n) is 3.08. The Labute approximate surface area is 165 Å². The first-order chi connectivity index (χ1) is 13.1. The highest BCUT2D eigenvalue weighted by molar-refractivity contribution is 8.19. The van der Waals surface area contributed by atoms with Crippen molar-refractivity contribution >= 4 is 50.8 Å². The third kappa shape index (κ3) is 3.17. The molecule has 7 heteroatoms. The Balaban J connectivity index is 1.74. The zero-order valence-electron chi connectivity index (χ0n) is 14.9. The third-order valence-electron chi connectivity index (χ3n) is 4.44. The molecule has 0 unspecified atom stereocenters. The van der Waals surface area contributed by atoms with Crippen molar-refractivity contribution in [3.8, 4) is 5.75 Å². The number of nitrogens with one attached hydrogen (secondary N) is 1. The van der Waals surface area contributed by atoms with Gasteiger partial charge in [0.05, 0.1) is 17.1 Å². The topological polar surface area (TPSA) is 75.9 Å². The molecular weight excluding hydrogens is 378 g/mol. The summed E-state index contributed by atoms with van der Waals surface area (Å²) in [5.74, 6) is 0.0944. The van der Waals surface area contributed by atoms with Gasteiger partial charge in [0.2, 0.25) is 0 Å². The molecule has 3 aromatic rings. The number of thioether (sulfide) groups is 1. The van der Waals surface area contributed by atoms with E-state index in [0.29, 0.717) is 15.0 Å². The summed E-state index contributed by atoms with van der Waals surface area (Å²) in [6.07, 6.45) is 2.64. The molecular formula is C20H17N3O2S2. The molecule has 1 fully saturated rings. The predicted octanol–water partition coefficient (Wildman–Crippen LogP) is 4.68. The van der Waals surface area contributed by atoms with Crippen LogP contribution < -0.4 is 4.74 Å². The van der Waals surface area contributed by atoms with E-state index in [1.54, 1.807) is 7.11 Å². The number of aromatic nitrogens is 2. The van der Waals surface area contributed by atoms with E-state index < -0.39 is 5.92 Å². The molecule has 2 heterocycles.